The Bertz CT molecular complexity index is 774. The molecule has 0 atom stereocenters. The minimum absolute atomic E-state index is 0.711. The van der Waals surface area contributed by atoms with Crippen LogP contribution < -0.4 is 0 Å². The third kappa shape index (κ3) is 5.29. The zero-order valence-electron chi connectivity index (χ0n) is 14.6. The van der Waals surface area contributed by atoms with E-state index >= 15 is 0 Å². The third-order valence-electron chi connectivity index (χ3n) is 4.58. The van der Waals surface area contributed by atoms with Gasteiger partial charge < -0.3 is 9.52 Å². The molecule has 3 heterocycles. The van der Waals surface area contributed by atoms with Crippen LogP contribution >= 0.6 is 0 Å². The number of carboxylic acid groups (broad SMARTS) is 1. The van der Waals surface area contributed by atoms with E-state index in [0.717, 1.165) is 38.2 Å². The van der Waals surface area contributed by atoms with E-state index in [2.05, 4.69) is 14.9 Å². The molecule has 0 amide bonds. The predicted molar refractivity (Wildman–Crippen MR) is 89.1 cm³/mol. The zero-order chi connectivity index (χ0) is 19.4. The molecule has 146 valence electrons. The average molecular weight is 383 g/mol. The molecule has 1 aliphatic heterocycles. The van der Waals surface area contributed by atoms with E-state index in [9.17, 15) is 13.2 Å². The Balaban J connectivity index is 0.000000260. The highest BCUT2D eigenvalue weighted by Crippen LogP contribution is 2.41. The summed E-state index contributed by atoms with van der Waals surface area (Å²) in [7, 11) is 0. The molecule has 9 heteroatoms. The van der Waals surface area contributed by atoms with Gasteiger partial charge in [0.1, 0.15) is 12.1 Å². The van der Waals surface area contributed by atoms with Crippen LogP contribution in [0.1, 0.15) is 41.5 Å². The van der Waals surface area contributed by atoms with Gasteiger partial charge in [0, 0.05) is 31.1 Å². The minimum Gasteiger partial charge on any atom is -0.475 e. The summed E-state index contributed by atoms with van der Waals surface area (Å²) in [5.74, 6) is -1.000. The second-order valence-electron chi connectivity index (χ2n) is 6.62. The summed E-state index contributed by atoms with van der Waals surface area (Å²) in [5.41, 5.74) is 4.02. The number of fused-ring (bicyclic) bond motifs is 1. The molecule has 0 aromatic carbocycles. The van der Waals surface area contributed by atoms with E-state index in [1.807, 2.05) is 12.1 Å². The first-order valence-corrected chi connectivity index (χ1v) is 8.72. The average Bonchev–Trinajstić information content (AvgIpc) is 3.37. The van der Waals surface area contributed by atoms with Crippen LogP contribution in [0.4, 0.5) is 13.2 Å². The maximum Gasteiger partial charge on any atom is 0.490 e. The Labute approximate surface area is 154 Å². The summed E-state index contributed by atoms with van der Waals surface area (Å²) in [5, 5.41) is 7.12. The molecule has 1 saturated carbocycles. The lowest BCUT2D eigenvalue weighted by molar-refractivity contribution is -0.192. The maximum absolute atomic E-state index is 10.6. The number of hydrogen-bond donors (Lipinski definition) is 1. The largest absolute Gasteiger partial charge is 0.490 e. The highest BCUT2D eigenvalue weighted by Gasteiger charge is 2.38. The highest BCUT2D eigenvalue weighted by molar-refractivity contribution is 5.73. The number of aromatic nitrogens is 2. The van der Waals surface area contributed by atoms with Crippen molar-refractivity contribution in [3.05, 3.63) is 47.4 Å². The van der Waals surface area contributed by atoms with E-state index < -0.39 is 12.1 Å². The Hall–Kier alpha value is -2.42. The van der Waals surface area contributed by atoms with Crippen molar-refractivity contribution in [2.45, 2.75) is 44.3 Å². The van der Waals surface area contributed by atoms with Gasteiger partial charge in [-0.1, -0.05) is 0 Å². The fourth-order valence-corrected chi connectivity index (χ4v) is 3.09. The van der Waals surface area contributed by atoms with Crippen LogP contribution in [0.5, 0.6) is 0 Å². The SMILES string of the molecule is O=C(O)C(F)(F)F.c1coc(CN2CCc3ncnc(C4CC4)c3CC2)c1. The van der Waals surface area contributed by atoms with Crippen molar-refractivity contribution in [3.8, 4) is 0 Å². The molecule has 0 bridgehead atoms. The molecule has 27 heavy (non-hydrogen) atoms. The highest BCUT2D eigenvalue weighted by atomic mass is 19.4. The number of aliphatic carboxylic acids is 1. The van der Waals surface area contributed by atoms with E-state index in [4.69, 9.17) is 14.3 Å². The molecule has 2 aromatic rings. The Morgan fingerprint density at radius 2 is 1.96 bits per heavy atom. The summed E-state index contributed by atoms with van der Waals surface area (Å²) in [6.07, 6.45) is 3.13. The number of carboxylic acids is 1. The third-order valence-corrected chi connectivity index (χ3v) is 4.58. The second-order valence-corrected chi connectivity index (χ2v) is 6.62. The van der Waals surface area contributed by atoms with Crippen LogP contribution in [0.3, 0.4) is 0 Å². The van der Waals surface area contributed by atoms with Gasteiger partial charge in [-0.25, -0.2) is 14.8 Å². The van der Waals surface area contributed by atoms with Crippen LogP contribution in [0.25, 0.3) is 0 Å². The molecule has 6 nitrogen and oxygen atoms in total. The van der Waals surface area contributed by atoms with Crippen LogP contribution in [0, 0.1) is 0 Å². The molecule has 1 N–H and O–H groups in total. The lowest BCUT2D eigenvalue weighted by Crippen LogP contribution is -2.25. The predicted octanol–water partition coefficient (Wildman–Crippen LogP) is 3.18. The van der Waals surface area contributed by atoms with Crippen LogP contribution in [-0.2, 0) is 24.2 Å². The Kier molecular flexibility index (Phi) is 5.79. The molecular formula is C18H20F3N3O3. The number of rotatable bonds is 3. The monoisotopic (exact) mass is 383 g/mol. The number of hydrogen-bond acceptors (Lipinski definition) is 5. The van der Waals surface area contributed by atoms with Gasteiger partial charge in [0.25, 0.3) is 0 Å². The number of furan rings is 1. The van der Waals surface area contributed by atoms with Crippen molar-refractivity contribution in [3.63, 3.8) is 0 Å². The molecule has 0 unspecified atom stereocenters. The topological polar surface area (TPSA) is 79.5 Å². The normalized spacial score (nSPS) is 17.4. The number of carbonyl (C=O) groups is 1. The second kappa shape index (κ2) is 8.08. The number of nitrogens with zero attached hydrogens (tertiary/aromatic N) is 3. The van der Waals surface area contributed by atoms with Crippen molar-refractivity contribution in [2.24, 2.45) is 0 Å². The maximum atomic E-state index is 10.6. The van der Waals surface area contributed by atoms with Crippen LogP contribution in [0.15, 0.2) is 29.1 Å². The van der Waals surface area contributed by atoms with Gasteiger partial charge in [0.05, 0.1) is 18.5 Å². The Morgan fingerprint density at radius 3 is 2.56 bits per heavy atom. The smallest absolute Gasteiger partial charge is 0.475 e. The molecule has 0 saturated heterocycles. The van der Waals surface area contributed by atoms with Crippen molar-refractivity contribution >= 4 is 5.97 Å². The van der Waals surface area contributed by atoms with E-state index in [0.29, 0.717) is 5.92 Å². The van der Waals surface area contributed by atoms with Crippen LogP contribution in [0.2, 0.25) is 0 Å². The van der Waals surface area contributed by atoms with E-state index in [1.54, 1.807) is 12.6 Å². The van der Waals surface area contributed by atoms with Crippen molar-refractivity contribution in [1.82, 2.24) is 14.9 Å². The van der Waals surface area contributed by atoms with E-state index in [1.165, 1.54) is 29.8 Å². The van der Waals surface area contributed by atoms with Gasteiger partial charge in [-0.15, -0.1) is 0 Å². The number of halogens is 3. The molecule has 1 fully saturated rings. The first kappa shape index (κ1) is 19.3. The van der Waals surface area contributed by atoms with Gasteiger partial charge in [-0.3, -0.25) is 4.90 Å². The summed E-state index contributed by atoms with van der Waals surface area (Å²) in [4.78, 5) is 20.4. The molecule has 4 rings (SSSR count). The standard InChI is InChI=1S/C16H19N3O.C2HF3O2/c1-2-13(20-9-1)10-19-7-5-14-15(6-8-19)17-11-18-16(14)12-3-4-12;3-2(4,5)1(6)7/h1-2,9,11-12H,3-8,10H2;(H,6,7). The summed E-state index contributed by atoms with van der Waals surface area (Å²) in [6.45, 7) is 3.02. The van der Waals surface area contributed by atoms with Crippen LogP contribution in [-0.4, -0.2) is 45.2 Å². The van der Waals surface area contributed by atoms with Gasteiger partial charge in [-0.2, -0.15) is 13.2 Å². The molecular weight excluding hydrogens is 363 g/mol. The van der Waals surface area contributed by atoms with Crippen molar-refractivity contribution in [1.29, 1.82) is 0 Å². The Morgan fingerprint density at radius 1 is 1.26 bits per heavy atom. The van der Waals surface area contributed by atoms with Crippen molar-refractivity contribution < 1.29 is 27.5 Å². The molecule has 1 aliphatic carbocycles. The summed E-state index contributed by atoms with van der Waals surface area (Å²) in [6, 6.07) is 4.01. The fourth-order valence-electron chi connectivity index (χ4n) is 3.09. The fraction of sp³-hybridized carbons (Fsp3) is 0.500. The number of alkyl halides is 3. The van der Waals surface area contributed by atoms with Gasteiger partial charge in [0.2, 0.25) is 0 Å². The van der Waals surface area contributed by atoms with Crippen molar-refractivity contribution in [2.75, 3.05) is 13.1 Å². The quantitative estimate of drug-likeness (QED) is 0.877. The summed E-state index contributed by atoms with van der Waals surface area (Å²) < 4.78 is 37.2. The molecule has 2 aromatic heterocycles. The lowest BCUT2D eigenvalue weighted by atomic mass is 10.0. The first-order valence-electron chi connectivity index (χ1n) is 8.72. The molecule has 2 aliphatic rings. The summed E-state index contributed by atoms with van der Waals surface area (Å²) >= 11 is 0. The minimum atomic E-state index is -5.08. The first-order chi connectivity index (χ1) is 12.8. The van der Waals surface area contributed by atoms with Gasteiger partial charge in [0.15, 0.2) is 0 Å². The van der Waals surface area contributed by atoms with Gasteiger partial charge >= 0.3 is 12.1 Å². The zero-order valence-corrected chi connectivity index (χ0v) is 14.6. The molecule has 0 radical (unpaired) electrons. The molecule has 0 spiro atoms. The van der Waals surface area contributed by atoms with Gasteiger partial charge in [-0.05, 0) is 37.0 Å². The van der Waals surface area contributed by atoms with E-state index in [-0.39, 0.29) is 0 Å². The lowest BCUT2D eigenvalue weighted by Gasteiger charge is -2.17.